The van der Waals surface area contributed by atoms with E-state index in [1.54, 1.807) is 30.3 Å². The van der Waals surface area contributed by atoms with Gasteiger partial charge < -0.3 is 19.3 Å². The summed E-state index contributed by atoms with van der Waals surface area (Å²) in [6.45, 7) is 2.18. The molecule has 1 saturated heterocycles. The number of benzene rings is 2. The van der Waals surface area contributed by atoms with Crippen molar-refractivity contribution in [1.82, 2.24) is 14.0 Å². The van der Waals surface area contributed by atoms with Gasteiger partial charge in [-0.25, -0.2) is 4.79 Å². The van der Waals surface area contributed by atoms with Crippen LogP contribution in [0.25, 0.3) is 10.9 Å². The number of hydrogen-bond acceptors (Lipinski definition) is 4. The predicted octanol–water partition coefficient (Wildman–Crippen LogP) is 3.79. The third-order valence-corrected chi connectivity index (χ3v) is 7.76. The van der Waals surface area contributed by atoms with Crippen LogP contribution < -0.4 is 5.56 Å². The Kier molecular flexibility index (Phi) is 5.68. The van der Waals surface area contributed by atoms with Gasteiger partial charge in [-0.3, -0.25) is 14.5 Å². The SMILES string of the molecule is O=C(O)c1ccc2c(c1)c([C@@H](C(=O)O)N1C[C@H]3C[C@@H](C1)c1cccc(=O)n1C3)cn2Cc1ccccc1. The number of aromatic nitrogens is 2. The molecule has 2 aromatic carbocycles. The summed E-state index contributed by atoms with van der Waals surface area (Å²) in [7, 11) is 0. The Labute approximate surface area is 213 Å². The summed E-state index contributed by atoms with van der Waals surface area (Å²) in [6.07, 6.45) is 2.79. The van der Waals surface area contributed by atoms with E-state index >= 15 is 0 Å². The first-order chi connectivity index (χ1) is 17.9. The Balaban J connectivity index is 1.44. The summed E-state index contributed by atoms with van der Waals surface area (Å²) >= 11 is 0. The van der Waals surface area contributed by atoms with Crippen molar-refractivity contribution in [1.29, 1.82) is 0 Å². The van der Waals surface area contributed by atoms with Crippen LogP contribution in [0.1, 0.15) is 45.6 Å². The number of likely N-dealkylation sites (tertiary alicyclic amines) is 1. The highest BCUT2D eigenvalue weighted by atomic mass is 16.4. The first-order valence-corrected chi connectivity index (χ1v) is 12.5. The third-order valence-electron chi connectivity index (χ3n) is 7.76. The van der Waals surface area contributed by atoms with E-state index < -0.39 is 18.0 Å². The molecule has 2 aromatic heterocycles. The highest BCUT2D eigenvalue weighted by Crippen LogP contribution is 2.40. The molecule has 37 heavy (non-hydrogen) atoms. The van der Waals surface area contributed by atoms with Gasteiger partial charge in [-0.2, -0.15) is 0 Å². The minimum atomic E-state index is -1.05. The Morgan fingerprint density at radius 2 is 1.76 bits per heavy atom. The van der Waals surface area contributed by atoms with E-state index in [1.165, 1.54) is 0 Å². The quantitative estimate of drug-likeness (QED) is 0.420. The summed E-state index contributed by atoms with van der Waals surface area (Å²) < 4.78 is 3.83. The summed E-state index contributed by atoms with van der Waals surface area (Å²) in [5.41, 5.74) is 3.52. The third kappa shape index (κ3) is 4.13. The van der Waals surface area contributed by atoms with Gasteiger partial charge in [0.2, 0.25) is 0 Å². The van der Waals surface area contributed by atoms with Gasteiger partial charge in [0.1, 0.15) is 6.04 Å². The smallest absolute Gasteiger partial charge is 0.335 e. The minimum absolute atomic E-state index is 0.0133. The standard InChI is InChI=1S/C29H27N3O5/c33-26-8-4-7-24-21-11-19(15-32(24)26)14-31(16-21)27(29(36)37)23-17-30(13-18-5-2-1-3-6-18)25-10-9-20(28(34)35)12-22(23)25/h1-10,12,17,19,21,27H,11,13-16H2,(H,34,35)(H,36,37)/t19-,21+,27+/m1/s1. The second kappa shape index (κ2) is 9.05. The van der Waals surface area contributed by atoms with E-state index in [0.29, 0.717) is 37.1 Å². The second-order valence-corrected chi connectivity index (χ2v) is 10.1. The second-order valence-electron chi connectivity index (χ2n) is 10.1. The number of carbonyl (C=O) groups is 2. The average Bonchev–Trinajstić information content (AvgIpc) is 3.22. The lowest BCUT2D eigenvalue weighted by Gasteiger charge is -2.44. The Bertz CT molecular complexity index is 1570. The van der Waals surface area contributed by atoms with Gasteiger partial charge in [-0.05, 0) is 42.2 Å². The fourth-order valence-electron chi connectivity index (χ4n) is 6.22. The van der Waals surface area contributed by atoms with Crippen LogP contribution in [-0.2, 0) is 17.9 Å². The van der Waals surface area contributed by atoms with Crippen LogP contribution in [0.2, 0.25) is 0 Å². The zero-order valence-electron chi connectivity index (χ0n) is 20.2. The summed E-state index contributed by atoms with van der Waals surface area (Å²) in [6, 6.07) is 19.2. The maximum absolute atomic E-state index is 12.8. The van der Waals surface area contributed by atoms with Gasteiger partial charge in [-0.1, -0.05) is 36.4 Å². The first kappa shape index (κ1) is 23.2. The monoisotopic (exact) mass is 497 g/mol. The lowest BCUT2D eigenvalue weighted by molar-refractivity contribution is -0.144. The van der Waals surface area contributed by atoms with Crippen LogP contribution in [0, 0.1) is 5.92 Å². The lowest BCUT2D eigenvalue weighted by atomic mass is 9.82. The van der Waals surface area contributed by atoms with E-state index in [0.717, 1.165) is 23.2 Å². The van der Waals surface area contributed by atoms with Gasteiger partial charge in [0, 0.05) is 66.5 Å². The first-order valence-electron chi connectivity index (χ1n) is 12.5. The Morgan fingerprint density at radius 3 is 2.51 bits per heavy atom. The molecule has 4 aromatic rings. The molecule has 0 amide bonds. The molecule has 0 unspecified atom stereocenters. The predicted molar refractivity (Wildman–Crippen MR) is 138 cm³/mol. The Hall–Kier alpha value is -4.17. The van der Waals surface area contributed by atoms with E-state index in [1.807, 2.05) is 56.6 Å². The number of aromatic carboxylic acids is 1. The van der Waals surface area contributed by atoms with Gasteiger partial charge in [0.05, 0.1) is 5.56 Å². The number of carboxylic acids is 2. The molecule has 0 aliphatic carbocycles. The molecule has 188 valence electrons. The van der Waals surface area contributed by atoms with Crippen molar-refractivity contribution in [2.75, 3.05) is 13.1 Å². The van der Waals surface area contributed by atoms with Crippen molar-refractivity contribution < 1.29 is 19.8 Å². The van der Waals surface area contributed by atoms with Crippen molar-refractivity contribution in [2.24, 2.45) is 5.92 Å². The van der Waals surface area contributed by atoms with Crippen LogP contribution in [0.4, 0.5) is 0 Å². The number of carboxylic acid groups (broad SMARTS) is 2. The van der Waals surface area contributed by atoms with Crippen LogP contribution in [-0.4, -0.2) is 49.3 Å². The van der Waals surface area contributed by atoms with Crippen molar-refractivity contribution >= 4 is 22.8 Å². The fraction of sp³-hybridized carbons (Fsp3) is 0.276. The zero-order valence-corrected chi connectivity index (χ0v) is 20.2. The van der Waals surface area contributed by atoms with Crippen molar-refractivity contribution in [3.8, 4) is 0 Å². The summed E-state index contributed by atoms with van der Waals surface area (Å²) in [4.78, 5) is 39.0. The molecule has 2 bridgehead atoms. The number of pyridine rings is 1. The molecule has 0 radical (unpaired) electrons. The van der Waals surface area contributed by atoms with Crippen LogP contribution in [0.5, 0.6) is 0 Å². The molecule has 0 spiro atoms. The normalized spacial score (nSPS) is 19.9. The lowest BCUT2D eigenvalue weighted by Crippen LogP contribution is -2.49. The molecule has 0 saturated carbocycles. The van der Waals surface area contributed by atoms with Gasteiger partial charge in [0.25, 0.3) is 5.56 Å². The highest BCUT2D eigenvalue weighted by molar-refractivity contribution is 5.96. The van der Waals surface area contributed by atoms with Gasteiger partial charge in [0.15, 0.2) is 0 Å². The van der Waals surface area contributed by atoms with E-state index in [-0.39, 0.29) is 23.0 Å². The van der Waals surface area contributed by atoms with E-state index in [2.05, 4.69) is 0 Å². The summed E-state index contributed by atoms with van der Waals surface area (Å²) in [5, 5.41) is 20.8. The van der Waals surface area contributed by atoms with E-state index in [4.69, 9.17) is 0 Å². The maximum Gasteiger partial charge on any atom is 0.335 e. The number of piperidine rings is 1. The maximum atomic E-state index is 12.8. The number of aliphatic carboxylic acids is 1. The van der Waals surface area contributed by atoms with Gasteiger partial charge >= 0.3 is 11.9 Å². The molecule has 1 fully saturated rings. The van der Waals surface area contributed by atoms with Crippen molar-refractivity contribution in [2.45, 2.75) is 31.5 Å². The largest absolute Gasteiger partial charge is 0.480 e. The molecule has 2 N–H and O–H groups in total. The minimum Gasteiger partial charge on any atom is -0.480 e. The van der Waals surface area contributed by atoms with Gasteiger partial charge in [-0.15, -0.1) is 0 Å². The highest BCUT2D eigenvalue weighted by Gasteiger charge is 2.40. The number of nitrogens with zero attached hydrogens (tertiary/aromatic N) is 3. The number of fused-ring (bicyclic) bond motifs is 5. The van der Waals surface area contributed by atoms with Crippen LogP contribution in [0.3, 0.4) is 0 Å². The molecule has 6 rings (SSSR count). The average molecular weight is 498 g/mol. The molecule has 2 aliphatic heterocycles. The van der Waals surface area contributed by atoms with Crippen molar-refractivity contribution in [3.63, 3.8) is 0 Å². The zero-order chi connectivity index (χ0) is 25.7. The molecule has 8 nitrogen and oxygen atoms in total. The Morgan fingerprint density at radius 1 is 0.946 bits per heavy atom. The molecule has 3 atom stereocenters. The summed E-state index contributed by atoms with van der Waals surface area (Å²) in [5.74, 6) is -1.79. The van der Waals surface area contributed by atoms with Crippen LogP contribution in [0.15, 0.2) is 77.7 Å². The number of hydrogen-bond donors (Lipinski definition) is 2. The van der Waals surface area contributed by atoms with Crippen LogP contribution >= 0.6 is 0 Å². The number of rotatable bonds is 6. The van der Waals surface area contributed by atoms with Crippen molar-refractivity contribution in [3.05, 3.63) is 106 Å². The molecule has 4 heterocycles. The van der Waals surface area contributed by atoms with E-state index in [9.17, 15) is 24.6 Å². The molecular weight excluding hydrogens is 470 g/mol. The topological polar surface area (TPSA) is 105 Å². The molecule has 8 heteroatoms. The molecular formula is C29H27N3O5. The molecule has 2 aliphatic rings. The fourth-order valence-corrected chi connectivity index (χ4v) is 6.22.